The van der Waals surface area contributed by atoms with E-state index >= 15 is 0 Å². The number of carbonyl (C=O) groups excluding carboxylic acids is 1. The topological polar surface area (TPSA) is 49.3 Å². The van der Waals surface area contributed by atoms with Crippen LogP contribution in [0.25, 0.3) is 0 Å². The summed E-state index contributed by atoms with van der Waals surface area (Å²) in [6.07, 6.45) is 3.60. The smallest absolute Gasteiger partial charge is 0.223 e. The molecule has 0 saturated heterocycles. The van der Waals surface area contributed by atoms with Gasteiger partial charge in [0.1, 0.15) is 0 Å². The van der Waals surface area contributed by atoms with E-state index in [-0.39, 0.29) is 24.5 Å². The molecule has 0 rings (SSSR count). The van der Waals surface area contributed by atoms with Crippen molar-refractivity contribution in [1.82, 2.24) is 5.32 Å². The summed E-state index contributed by atoms with van der Waals surface area (Å²) in [4.78, 5) is 12.0. The molecule has 0 aromatic heterocycles. The highest BCUT2D eigenvalue weighted by Crippen LogP contribution is 2.17. The van der Waals surface area contributed by atoms with Crippen molar-refractivity contribution in [3.63, 3.8) is 0 Å². The predicted molar refractivity (Wildman–Crippen MR) is 67.2 cm³/mol. The molecule has 0 heterocycles. The summed E-state index contributed by atoms with van der Waals surface area (Å²) >= 11 is 0. The van der Waals surface area contributed by atoms with Gasteiger partial charge in [0.15, 0.2) is 0 Å². The number of rotatable bonds is 8. The molecule has 2 atom stereocenters. The van der Waals surface area contributed by atoms with Gasteiger partial charge < -0.3 is 10.4 Å². The molecule has 0 aliphatic heterocycles. The fourth-order valence-corrected chi connectivity index (χ4v) is 1.90. The maximum atomic E-state index is 12.0. The van der Waals surface area contributed by atoms with E-state index in [0.717, 1.165) is 25.7 Å². The first-order valence-electron chi connectivity index (χ1n) is 6.44. The second-order valence-corrected chi connectivity index (χ2v) is 4.91. The second-order valence-electron chi connectivity index (χ2n) is 4.91. The summed E-state index contributed by atoms with van der Waals surface area (Å²) in [7, 11) is 0. The van der Waals surface area contributed by atoms with Crippen molar-refractivity contribution in [2.45, 2.75) is 59.4 Å². The highest BCUT2D eigenvalue weighted by Gasteiger charge is 2.21. The van der Waals surface area contributed by atoms with Crippen LogP contribution in [0, 0.1) is 11.8 Å². The zero-order chi connectivity index (χ0) is 12.6. The van der Waals surface area contributed by atoms with E-state index < -0.39 is 0 Å². The summed E-state index contributed by atoms with van der Waals surface area (Å²) in [6, 6.07) is 0.165. The molecule has 3 heteroatoms. The average molecular weight is 229 g/mol. The molecule has 0 spiro atoms. The van der Waals surface area contributed by atoms with Gasteiger partial charge >= 0.3 is 0 Å². The van der Waals surface area contributed by atoms with Gasteiger partial charge in [-0.25, -0.2) is 0 Å². The molecule has 0 aromatic rings. The minimum Gasteiger partial charge on any atom is -0.396 e. The van der Waals surface area contributed by atoms with Crippen LogP contribution in [0.1, 0.15) is 53.4 Å². The van der Waals surface area contributed by atoms with Crippen molar-refractivity contribution in [1.29, 1.82) is 0 Å². The number of nitrogens with one attached hydrogen (secondary N) is 1. The van der Waals surface area contributed by atoms with E-state index in [0.29, 0.717) is 5.92 Å². The van der Waals surface area contributed by atoms with Crippen molar-refractivity contribution in [2.24, 2.45) is 11.8 Å². The van der Waals surface area contributed by atoms with Gasteiger partial charge in [-0.2, -0.15) is 0 Å². The third-order valence-electron chi connectivity index (χ3n) is 2.93. The molecule has 0 aromatic carbocycles. The normalized spacial score (nSPS) is 14.9. The lowest BCUT2D eigenvalue weighted by atomic mass is 9.90. The van der Waals surface area contributed by atoms with E-state index in [9.17, 15) is 4.79 Å². The van der Waals surface area contributed by atoms with E-state index in [2.05, 4.69) is 26.1 Å². The Bertz CT molecular complexity index is 192. The van der Waals surface area contributed by atoms with Crippen LogP contribution >= 0.6 is 0 Å². The molecule has 0 aliphatic carbocycles. The van der Waals surface area contributed by atoms with Crippen molar-refractivity contribution in [3.05, 3.63) is 0 Å². The lowest BCUT2D eigenvalue weighted by molar-refractivity contribution is -0.127. The highest BCUT2D eigenvalue weighted by molar-refractivity contribution is 5.79. The van der Waals surface area contributed by atoms with Crippen molar-refractivity contribution in [2.75, 3.05) is 6.61 Å². The van der Waals surface area contributed by atoms with Gasteiger partial charge in [-0.3, -0.25) is 4.79 Å². The zero-order valence-electron chi connectivity index (χ0n) is 11.1. The number of aliphatic hydroxyl groups is 1. The summed E-state index contributed by atoms with van der Waals surface area (Å²) in [5.74, 6) is 0.689. The van der Waals surface area contributed by atoms with Gasteiger partial charge in [-0.05, 0) is 32.1 Å². The summed E-state index contributed by atoms with van der Waals surface area (Å²) in [6.45, 7) is 8.49. The van der Waals surface area contributed by atoms with Crippen LogP contribution in [0.5, 0.6) is 0 Å². The molecule has 0 bridgehead atoms. The lowest BCUT2D eigenvalue weighted by Gasteiger charge is -2.22. The van der Waals surface area contributed by atoms with Crippen LogP contribution in [0.2, 0.25) is 0 Å². The predicted octanol–water partition coefficient (Wildman–Crippen LogP) is 2.34. The van der Waals surface area contributed by atoms with Gasteiger partial charge in [0, 0.05) is 18.6 Å². The maximum Gasteiger partial charge on any atom is 0.223 e. The van der Waals surface area contributed by atoms with Gasteiger partial charge in [0.2, 0.25) is 5.91 Å². The monoisotopic (exact) mass is 229 g/mol. The Hall–Kier alpha value is -0.570. The number of amides is 1. The quantitative estimate of drug-likeness (QED) is 0.671. The SMILES string of the molecule is CCCC(C(=O)NC(C)CCCO)C(C)C. The molecule has 1 amide bonds. The van der Waals surface area contributed by atoms with Crippen LogP contribution in [-0.4, -0.2) is 23.7 Å². The fourth-order valence-electron chi connectivity index (χ4n) is 1.90. The molecule has 0 radical (unpaired) electrons. The standard InChI is InChI=1S/C13H27NO2/c1-5-7-12(10(2)3)13(16)14-11(4)8-6-9-15/h10-12,15H,5-9H2,1-4H3,(H,14,16). The van der Waals surface area contributed by atoms with Gasteiger partial charge in [-0.15, -0.1) is 0 Å². The van der Waals surface area contributed by atoms with Crippen LogP contribution in [0.3, 0.4) is 0 Å². The molecule has 16 heavy (non-hydrogen) atoms. The van der Waals surface area contributed by atoms with Crippen LogP contribution < -0.4 is 5.32 Å². The number of hydrogen-bond donors (Lipinski definition) is 2. The van der Waals surface area contributed by atoms with E-state index in [4.69, 9.17) is 5.11 Å². The maximum absolute atomic E-state index is 12.0. The molecule has 2 N–H and O–H groups in total. The number of hydrogen-bond acceptors (Lipinski definition) is 2. The van der Waals surface area contributed by atoms with Crippen LogP contribution in [0.15, 0.2) is 0 Å². The molecule has 0 aliphatic rings. The molecule has 0 saturated carbocycles. The Balaban J connectivity index is 4.08. The highest BCUT2D eigenvalue weighted by atomic mass is 16.2. The summed E-state index contributed by atoms with van der Waals surface area (Å²) in [5, 5.41) is 11.7. The molecule has 0 fully saturated rings. The Morgan fingerprint density at radius 1 is 1.25 bits per heavy atom. The largest absolute Gasteiger partial charge is 0.396 e. The molecule has 3 nitrogen and oxygen atoms in total. The molecular weight excluding hydrogens is 202 g/mol. The van der Waals surface area contributed by atoms with Crippen molar-refractivity contribution < 1.29 is 9.90 Å². The summed E-state index contributed by atoms with van der Waals surface area (Å²) in [5.41, 5.74) is 0. The first kappa shape index (κ1) is 15.4. The second kappa shape index (κ2) is 8.57. The molecular formula is C13H27NO2. The molecule has 2 unspecified atom stereocenters. The Labute approximate surface area is 99.6 Å². The van der Waals surface area contributed by atoms with Crippen LogP contribution in [-0.2, 0) is 4.79 Å². The molecule has 96 valence electrons. The Morgan fingerprint density at radius 3 is 2.31 bits per heavy atom. The number of carbonyl (C=O) groups is 1. The van der Waals surface area contributed by atoms with E-state index in [1.54, 1.807) is 0 Å². The minimum atomic E-state index is 0.126. The lowest BCUT2D eigenvalue weighted by Crippen LogP contribution is -2.39. The number of aliphatic hydroxyl groups excluding tert-OH is 1. The average Bonchev–Trinajstić information content (AvgIpc) is 2.22. The van der Waals surface area contributed by atoms with Gasteiger partial charge in [0.05, 0.1) is 0 Å². The fraction of sp³-hybridized carbons (Fsp3) is 0.923. The van der Waals surface area contributed by atoms with Gasteiger partial charge in [0.25, 0.3) is 0 Å². The zero-order valence-corrected chi connectivity index (χ0v) is 11.1. The summed E-state index contributed by atoms with van der Waals surface area (Å²) < 4.78 is 0. The Morgan fingerprint density at radius 2 is 1.88 bits per heavy atom. The van der Waals surface area contributed by atoms with Crippen molar-refractivity contribution in [3.8, 4) is 0 Å². The van der Waals surface area contributed by atoms with Crippen LogP contribution in [0.4, 0.5) is 0 Å². The minimum absolute atomic E-state index is 0.126. The third kappa shape index (κ3) is 6.11. The third-order valence-corrected chi connectivity index (χ3v) is 2.93. The van der Waals surface area contributed by atoms with E-state index in [1.165, 1.54) is 0 Å². The van der Waals surface area contributed by atoms with Crippen molar-refractivity contribution >= 4 is 5.91 Å². The first-order chi connectivity index (χ1) is 7.52. The Kier molecular flexibility index (Phi) is 8.26. The van der Waals surface area contributed by atoms with Gasteiger partial charge in [-0.1, -0.05) is 27.2 Å². The first-order valence-corrected chi connectivity index (χ1v) is 6.44. The van der Waals surface area contributed by atoms with E-state index in [1.807, 2.05) is 6.92 Å².